The number of ether oxygens (including phenoxy) is 1. The van der Waals surface area contributed by atoms with Crippen LogP contribution >= 0.6 is 0 Å². The Labute approximate surface area is 122 Å². The molecular weight excluding hydrogens is 250 g/mol. The Morgan fingerprint density at radius 1 is 1.30 bits per heavy atom. The highest BCUT2D eigenvalue weighted by molar-refractivity contribution is 5.76. The molecule has 112 valence electrons. The summed E-state index contributed by atoms with van der Waals surface area (Å²) in [6.07, 6.45) is 3.56. The molecule has 0 heterocycles. The highest BCUT2D eigenvalue weighted by Crippen LogP contribution is 2.12. The van der Waals surface area contributed by atoms with E-state index in [0.717, 1.165) is 19.3 Å². The molecule has 0 radical (unpaired) electrons. The highest BCUT2D eigenvalue weighted by atomic mass is 16.5. The molecule has 1 aromatic rings. The molecule has 0 saturated carbocycles. The number of rotatable bonds is 9. The van der Waals surface area contributed by atoms with Gasteiger partial charge in [-0.1, -0.05) is 44.2 Å². The third kappa shape index (κ3) is 6.71. The third-order valence-corrected chi connectivity index (χ3v) is 3.53. The summed E-state index contributed by atoms with van der Waals surface area (Å²) in [5.41, 5.74) is 1.34. The van der Waals surface area contributed by atoms with Crippen molar-refractivity contribution in [1.82, 2.24) is 5.32 Å². The molecule has 2 unspecified atom stereocenters. The zero-order valence-corrected chi connectivity index (χ0v) is 12.9. The van der Waals surface area contributed by atoms with Crippen LogP contribution in [0, 0.1) is 5.92 Å². The molecule has 1 amide bonds. The number of hydrogen-bond acceptors (Lipinski definition) is 2. The van der Waals surface area contributed by atoms with Gasteiger partial charge >= 0.3 is 0 Å². The fourth-order valence-electron chi connectivity index (χ4n) is 2.23. The van der Waals surface area contributed by atoms with E-state index in [0.29, 0.717) is 18.9 Å². The van der Waals surface area contributed by atoms with Crippen LogP contribution in [0.1, 0.15) is 38.7 Å². The lowest BCUT2D eigenvalue weighted by Crippen LogP contribution is -2.38. The summed E-state index contributed by atoms with van der Waals surface area (Å²) in [6, 6.07) is 10.6. The van der Waals surface area contributed by atoms with Crippen molar-refractivity contribution in [2.45, 2.75) is 45.6 Å². The largest absolute Gasteiger partial charge is 0.383 e. The van der Waals surface area contributed by atoms with Gasteiger partial charge in [-0.2, -0.15) is 0 Å². The van der Waals surface area contributed by atoms with Crippen molar-refractivity contribution in [3.8, 4) is 0 Å². The van der Waals surface area contributed by atoms with Crippen molar-refractivity contribution in [2.24, 2.45) is 5.92 Å². The second-order valence-electron chi connectivity index (χ2n) is 5.46. The van der Waals surface area contributed by atoms with Gasteiger partial charge in [0.25, 0.3) is 0 Å². The van der Waals surface area contributed by atoms with Crippen molar-refractivity contribution in [1.29, 1.82) is 0 Å². The molecule has 0 aliphatic heterocycles. The molecule has 0 bridgehead atoms. The Kier molecular flexibility index (Phi) is 7.97. The zero-order valence-electron chi connectivity index (χ0n) is 12.9. The Morgan fingerprint density at radius 3 is 2.60 bits per heavy atom. The Hall–Kier alpha value is -1.35. The second kappa shape index (κ2) is 9.54. The minimum atomic E-state index is 0.133. The molecule has 0 aromatic heterocycles. The van der Waals surface area contributed by atoms with Gasteiger partial charge < -0.3 is 10.1 Å². The van der Waals surface area contributed by atoms with Gasteiger partial charge in [0.05, 0.1) is 12.6 Å². The van der Waals surface area contributed by atoms with Crippen LogP contribution in [-0.2, 0) is 16.0 Å². The van der Waals surface area contributed by atoms with Crippen molar-refractivity contribution in [3.05, 3.63) is 35.9 Å². The van der Waals surface area contributed by atoms with E-state index in [1.807, 2.05) is 6.07 Å². The van der Waals surface area contributed by atoms with Crippen LogP contribution in [0.3, 0.4) is 0 Å². The van der Waals surface area contributed by atoms with E-state index in [9.17, 15) is 4.79 Å². The maximum absolute atomic E-state index is 11.9. The molecule has 0 aliphatic rings. The SMILES string of the molecule is CCC(COC)NC(=O)CC(C)CCc1ccccc1. The summed E-state index contributed by atoms with van der Waals surface area (Å²) in [7, 11) is 1.66. The first-order chi connectivity index (χ1) is 9.65. The van der Waals surface area contributed by atoms with Crippen LogP contribution in [0.15, 0.2) is 30.3 Å². The molecule has 1 N–H and O–H groups in total. The number of carbonyl (C=O) groups excluding carboxylic acids is 1. The van der Waals surface area contributed by atoms with E-state index in [4.69, 9.17) is 4.74 Å². The first-order valence-corrected chi connectivity index (χ1v) is 7.47. The lowest BCUT2D eigenvalue weighted by atomic mass is 9.98. The predicted molar refractivity (Wildman–Crippen MR) is 82.6 cm³/mol. The fraction of sp³-hybridized carbons (Fsp3) is 0.588. The lowest BCUT2D eigenvalue weighted by Gasteiger charge is -2.17. The molecule has 1 aromatic carbocycles. The van der Waals surface area contributed by atoms with E-state index >= 15 is 0 Å². The van der Waals surface area contributed by atoms with Gasteiger partial charge in [-0.15, -0.1) is 0 Å². The quantitative estimate of drug-likeness (QED) is 0.753. The molecule has 3 heteroatoms. The lowest BCUT2D eigenvalue weighted by molar-refractivity contribution is -0.123. The molecule has 0 aliphatic carbocycles. The van der Waals surface area contributed by atoms with Gasteiger partial charge in [-0.05, 0) is 30.7 Å². The van der Waals surface area contributed by atoms with Gasteiger partial charge in [0, 0.05) is 13.5 Å². The Balaban J connectivity index is 2.27. The van der Waals surface area contributed by atoms with Gasteiger partial charge in [-0.3, -0.25) is 4.79 Å². The van der Waals surface area contributed by atoms with Crippen LogP contribution in [-0.4, -0.2) is 25.7 Å². The Bertz CT molecular complexity index is 378. The van der Waals surface area contributed by atoms with Gasteiger partial charge in [0.1, 0.15) is 0 Å². The molecule has 20 heavy (non-hydrogen) atoms. The summed E-state index contributed by atoms with van der Waals surface area (Å²) in [5, 5.41) is 3.03. The normalized spacial score (nSPS) is 13.8. The van der Waals surface area contributed by atoms with Crippen LogP contribution in [0.4, 0.5) is 0 Å². The van der Waals surface area contributed by atoms with Crippen LogP contribution < -0.4 is 5.32 Å². The molecule has 1 rings (SSSR count). The predicted octanol–water partition coefficient (Wildman–Crippen LogP) is 3.19. The average molecular weight is 277 g/mol. The van der Waals surface area contributed by atoms with Gasteiger partial charge in [0.2, 0.25) is 5.91 Å². The Morgan fingerprint density at radius 2 is 2.00 bits per heavy atom. The number of amides is 1. The van der Waals surface area contributed by atoms with E-state index in [1.54, 1.807) is 7.11 Å². The maximum Gasteiger partial charge on any atom is 0.220 e. The van der Waals surface area contributed by atoms with Crippen LogP contribution in [0.25, 0.3) is 0 Å². The van der Waals surface area contributed by atoms with Crippen molar-refractivity contribution in [2.75, 3.05) is 13.7 Å². The average Bonchev–Trinajstić information content (AvgIpc) is 2.45. The number of carbonyl (C=O) groups is 1. The van der Waals surface area contributed by atoms with E-state index in [-0.39, 0.29) is 11.9 Å². The number of aryl methyl sites for hydroxylation is 1. The van der Waals surface area contributed by atoms with Crippen LogP contribution in [0.2, 0.25) is 0 Å². The number of methoxy groups -OCH3 is 1. The van der Waals surface area contributed by atoms with Crippen LogP contribution in [0.5, 0.6) is 0 Å². The molecule has 0 saturated heterocycles. The van der Waals surface area contributed by atoms with Gasteiger partial charge in [0.15, 0.2) is 0 Å². The summed E-state index contributed by atoms with van der Waals surface area (Å²) in [6.45, 7) is 4.78. The third-order valence-electron chi connectivity index (χ3n) is 3.53. The first kappa shape index (κ1) is 16.7. The summed E-state index contributed by atoms with van der Waals surface area (Å²) in [4.78, 5) is 11.9. The summed E-state index contributed by atoms with van der Waals surface area (Å²) < 4.78 is 5.09. The minimum Gasteiger partial charge on any atom is -0.383 e. The highest BCUT2D eigenvalue weighted by Gasteiger charge is 2.13. The zero-order chi connectivity index (χ0) is 14.8. The number of benzene rings is 1. The molecule has 0 spiro atoms. The first-order valence-electron chi connectivity index (χ1n) is 7.47. The minimum absolute atomic E-state index is 0.133. The summed E-state index contributed by atoms with van der Waals surface area (Å²) >= 11 is 0. The summed E-state index contributed by atoms with van der Waals surface area (Å²) in [5.74, 6) is 0.532. The van der Waals surface area contributed by atoms with E-state index in [2.05, 4.69) is 43.4 Å². The topological polar surface area (TPSA) is 38.3 Å². The van der Waals surface area contributed by atoms with Crippen molar-refractivity contribution < 1.29 is 9.53 Å². The standard InChI is InChI=1S/C17H27NO2/c1-4-16(13-20-3)18-17(19)12-14(2)10-11-15-8-6-5-7-9-15/h5-9,14,16H,4,10-13H2,1-3H3,(H,18,19). The maximum atomic E-state index is 11.9. The van der Waals surface area contributed by atoms with E-state index < -0.39 is 0 Å². The molecule has 3 nitrogen and oxygen atoms in total. The fourth-order valence-corrected chi connectivity index (χ4v) is 2.23. The monoisotopic (exact) mass is 277 g/mol. The number of hydrogen-bond donors (Lipinski definition) is 1. The number of nitrogens with one attached hydrogen (secondary N) is 1. The molecular formula is C17H27NO2. The molecule has 2 atom stereocenters. The smallest absolute Gasteiger partial charge is 0.220 e. The van der Waals surface area contributed by atoms with Crippen molar-refractivity contribution >= 4 is 5.91 Å². The van der Waals surface area contributed by atoms with E-state index in [1.165, 1.54) is 5.56 Å². The van der Waals surface area contributed by atoms with Crippen molar-refractivity contribution in [3.63, 3.8) is 0 Å². The van der Waals surface area contributed by atoms with Gasteiger partial charge in [-0.25, -0.2) is 0 Å². The molecule has 0 fully saturated rings. The second-order valence-corrected chi connectivity index (χ2v) is 5.46.